The number of esters is 1. The zero-order chi connectivity index (χ0) is 17.7. The van der Waals surface area contributed by atoms with Crippen molar-refractivity contribution in [3.8, 4) is 5.75 Å². The van der Waals surface area contributed by atoms with E-state index in [2.05, 4.69) is 5.32 Å². The highest BCUT2D eigenvalue weighted by Gasteiger charge is 2.16. The van der Waals surface area contributed by atoms with Gasteiger partial charge in [-0.3, -0.25) is 4.79 Å². The minimum Gasteiger partial charge on any atom is -0.497 e. The molecule has 2 aromatic carbocycles. The van der Waals surface area contributed by atoms with Crippen LogP contribution >= 0.6 is 0 Å². The number of carbonyl (C=O) groups excluding carboxylic acids is 2. The van der Waals surface area contributed by atoms with Crippen LogP contribution in [0.4, 0.5) is 10.1 Å². The van der Waals surface area contributed by atoms with Gasteiger partial charge in [0.25, 0.3) is 5.91 Å². The molecule has 24 heavy (non-hydrogen) atoms. The average molecular weight is 331 g/mol. The van der Waals surface area contributed by atoms with Gasteiger partial charge in [-0.15, -0.1) is 0 Å². The molecule has 0 radical (unpaired) electrons. The second-order valence-electron chi connectivity index (χ2n) is 5.29. The fourth-order valence-corrected chi connectivity index (χ4v) is 2.14. The van der Waals surface area contributed by atoms with Gasteiger partial charge in [0.05, 0.1) is 12.7 Å². The summed E-state index contributed by atoms with van der Waals surface area (Å²) < 4.78 is 23.5. The number of anilines is 1. The van der Waals surface area contributed by atoms with Gasteiger partial charge in [0.1, 0.15) is 11.6 Å². The van der Waals surface area contributed by atoms with E-state index in [1.165, 1.54) is 19.2 Å². The average Bonchev–Trinajstić information content (AvgIpc) is 2.55. The Kier molecular flexibility index (Phi) is 5.52. The number of methoxy groups -OCH3 is 1. The third-order valence-corrected chi connectivity index (χ3v) is 3.39. The maximum absolute atomic E-state index is 13.8. The van der Waals surface area contributed by atoms with Crippen LogP contribution in [0.1, 0.15) is 21.5 Å². The van der Waals surface area contributed by atoms with Gasteiger partial charge in [0, 0.05) is 11.8 Å². The van der Waals surface area contributed by atoms with E-state index in [-0.39, 0.29) is 11.3 Å². The van der Waals surface area contributed by atoms with Crippen molar-refractivity contribution in [1.82, 2.24) is 0 Å². The molecule has 126 valence electrons. The third-order valence-electron chi connectivity index (χ3n) is 3.39. The first-order chi connectivity index (χ1) is 11.4. The summed E-state index contributed by atoms with van der Waals surface area (Å²) in [6.07, 6.45) is 0. The summed E-state index contributed by atoms with van der Waals surface area (Å²) in [7, 11) is 1.39. The molecule has 0 aromatic heterocycles. The molecule has 2 rings (SSSR count). The Morgan fingerprint density at radius 2 is 1.88 bits per heavy atom. The lowest BCUT2D eigenvalue weighted by molar-refractivity contribution is -0.119. The van der Waals surface area contributed by atoms with Crippen molar-refractivity contribution in [1.29, 1.82) is 0 Å². The topological polar surface area (TPSA) is 64.6 Å². The van der Waals surface area contributed by atoms with Crippen molar-refractivity contribution in [3.05, 3.63) is 58.9 Å². The Labute approximate surface area is 139 Å². The van der Waals surface area contributed by atoms with Crippen molar-refractivity contribution in [2.45, 2.75) is 13.8 Å². The number of halogens is 1. The van der Waals surface area contributed by atoms with Crippen LogP contribution in [-0.2, 0) is 9.53 Å². The number of benzene rings is 2. The minimum atomic E-state index is -0.911. The van der Waals surface area contributed by atoms with Gasteiger partial charge in [-0.25, -0.2) is 9.18 Å². The summed E-state index contributed by atoms with van der Waals surface area (Å²) >= 11 is 0. The van der Waals surface area contributed by atoms with Crippen LogP contribution in [0, 0.1) is 19.7 Å². The van der Waals surface area contributed by atoms with E-state index in [0.29, 0.717) is 5.69 Å². The van der Waals surface area contributed by atoms with Crippen LogP contribution in [0.2, 0.25) is 0 Å². The van der Waals surface area contributed by atoms with E-state index >= 15 is 0 Å². The van der Waals surface area contributed by atoms with Gasteiger partial charge in [-0.2, -0.15) is 0 Å². The zero-order valence-corrected chi connectivity index (χ0v) is 13.7. The Morgan fingerprint density at radius 1 is 1.12 bits per heavy atom. The minimum absolute atomic E-state index is 0.255. The van der Waals surface area contributed by atoms with E-state index in [4.69, 9.17) is 9.47 Å². The van der Waals surface area contributed by atoms with Crippen LogP contribution in [0.5, 0.6) is 5.75 Å². The Hall–Kier alpha value is -2.89. The van der Waals surface area contributed by atoms with Crippen molar-refractivity contribution in [2.24, 2.45) is 0 Å². The zero-order valence-electron chi connectivity index (χ0n) is 13.7. The number of aryl methyl sites for hydroxylation is 2. The molecule has 0 fully saturated rings. The van der Waals surface area contributed by atoms with Crippen LogP contribution in [0.25, 0.3) is 0 Å². The number of hydrogen-bond donors (Lipinski definition) is 1. The first kappa shape index (κ1) is 17.5. The number of rotatable bonds is 5. The third kappa shape index (κ3) is 4.32. The molecule has 0 saturated heterocycles. The Balaban J connectivity index is 1.95. The molecule has 0 bridgehead atoms. The van der Waals surface area contributed by atoms with Crippen LogP contribution < -0.4 is 10.1 Å². The van der Waals surface area contributed by atoms with E-state index in [1.807, 2.05) is 26.0 Å². The molecule has 0 heterocycles. The fraction of sp³-hybridized carbons (Fsp3) is 0.222. The number of amides is 1. The fourth-order valence-electron chi connectivity index (χ4n) is 2.14. The van der Waals surface area contributed by atoms with E-state index < -0.39 is 24.3 Å². The molecule has 6 heteroatoms. The first-order valence-electron chi connectivity index (χ1n) is 7.28. The van der Waals surface area contributed by atoms with Crippen LogP contribution in [-0.4, -0.2) is 25.6 Å². The van der Waals surface area contributed by atoms with Crippen molar-refractivity contribution in [2.75, 3.05) is 19.0 Å². The molecule has 0 unspecified atom stereocenters. The van der Waals surface area contributed by atoms with E-state index in [9.17, 15) is 14.0 Å². The largest absolute Gasteiger partial charge is 0.497 e. The molecule has 5 nitrogen and oxygen atoms in total. The predicted octanol–water partition coefficient (Wildman–Crippen LogP) is 3.25. The number of hydrogen-bond acceptors (Lipinski definition) is 4. The summed E-state index contributed by atoms with van der Waals surface area (Å²) in [4.78, 5) is 23.7. The second kappa shape index (κ2) is 7.59. The lowest BCUT2D eigenvalue weighted by Crippen LogP contribution is -2.21. The normalized spacial score (nSPS) is 10.2. The Bertz CT molecular complexity index is 774. The van der Waals surface area contributed by atoms with E-state index in [1.54, 1.807) is 6.07 Å². The van der Waals surface area contributed by atoms with Gasteiger partial charge in [0.15, 0.2) is 6.61 Å². The highest BCUT2D eigenvalue weighted by Crippen LogP contribution is 2.18. The van der Waals surface area contributed by atoms with Crippen LogP contribution in [0.15, 0.2) is 36.4 Å². The SMILES string of the molecule is COc1ccc(C(=O)OCC(=O)Nc2ccc(C)cc2C)c(F)c1. The van der Waals surface area contributed by atoms with Gasteiger partial charge in [0.2, 0.25) is 0 Å². The smallest absolute Gasteiger partial charge is 0.341 e. The lowest BCUT2D eigenvalue weighted by atomic mass is 10.1. The summed E-state index contributed by atoms with van der Waals surface area (Å²) in [6.45, 7) is 3.31. The molecule has 1 amide bonds. The maximum Gasteiger partial charge on any atom is 0.341 e. The lowest BCUT2D eigenvalue weighted by Gasteiger charge is -2.10. The molecular formula is C18H18FNO4. The highest BCUT2D eigenvalue weighted by molar-refractivity contribution is 5.96. The van der Waals surface area contributed by atoms with Crippen LogP contribution in [0.3, 0.4) is 0 Å². The number of nitrogens with one attached hydrogen (secondary N) is 1. The first-order valence-corrected chi connectivity index (χ1v) is 7.28. The number of ether oxygens (including phenoxy) is 2. The molecule has 0 atom stereocenters. The summed E-state index contributed by atoms with van der Waals surface area (Å²) in [5.41, 5.74) is 2.36. The van der Waals surface area contributed by atoms with Crippen molar-refractivity contribution >= 4 is 17.6 Å². The molecule has 1 N–H and O–H groups in total. The molecule has 0 saturated carbocycles. The predicted molar refractivity (Wildman–Crippen MR) is 87.8 cm³/mol. The maximum atomic E-state index is 13.8. The van der Waals surface area contributed by atoms with Crippen molar-refractivity contribution in [3.63, 3.8) is 0 Å². The molecule has 0 spiro atoms. The van der Waals surface area contributed by atoms with E-state index in [0.717, 1.165) is 17.2 Å². The van der Waals surface area contributed by atoms with Gasteiger partial charge >= 0.3 is 5.97 Å². The van der Waals surface area contributed by atoms with Crippen molar-refractivity contribution < 1.29 is 23.5 Å². The van der Waals surface area contributed by atoms with Gasteiger partial charge in [-0.1, -0.05) is 17.7 Å². The molecule has 2 aromatic rings. The highest BCUT2D eigenvalue weighted by atomic mass is 19.1. The molecule has 0 aliphatic carbocycles. The second-order valence-corrected chi connectivity index (χ2v) is 5.29. The number of carbonyl (C=O) groups is 2. The monoisotopic (exact) mass is 331 g/mol. The molecule has 0 aliphatic heterocycles. The molecular weight excluding hydrogens is 313 g/mol. The summed E-state index contributed by atoms with van der Waals surface area (Å²) in [5.74, 6) is -1.89. The summed E-state index contributed by atoms with van der Waals surface area (Å²) in [6, 6.07) is 9.32. The van der Waals surface area contributed by atoms with Gasteiger partial charge < -0.3 is 14.8 Å². The standard InChI is InChI=1S/C18H18FNO4/c1-11-4-7-16(12(2)8-11)20-17(21)10-24-18(22)14-6-5-13(23-3)9-15(14)19/h4-9H,10H2,1-3H3,(H,20,21). The van der Waals surface area contributed by atoms with Gasteiger partial charge in [-0.05, 0) is 37.6 Å². The quantitative estimate of drug-likeness (QED) is 0.854. The Morgan fingerprint density at radius 3 is 2.50 bits per heavy atom. The summed E-state index contributed by atoms with van der Waals surface area (Å²) in [5, 5.41) is 2.65. The molecule has 0 aliphatic rings.